The summed E-state index contributed by atoms with van der Waals surface area (Å²) in [6.45, 7) is 6.20. The number of aliphatic hydroxyl groups excluding tert-OH is 1. The van der Waals surface area contributed by atoms with Crippen LogP contribution in [-0.4, -0.2) is 57.1 Å². The Hall–Kier alpha value is -3.86. The fraction of sp³-hybridized carbons (Fsp3) is 0.382. The van der Waals surface area contributed by atoms with Crippen LogP contribution in [0.3, 0.4) is 0 Å². The molecule has 3 heterocycles. The van der Waals surface area contributed by atoms with E-state index in [0.29, 0.717) is 24.0 Å². The van der Waals surface area contributed by atoms with Crippen LogP contribution in [0.1, 0.15) is 42.5 Å². The molecule has 2 N–H and O–H groups in total. The van der Waals surface area contributed by atoms with E-state index in [0.717, 1.165) is 35.2 Å². The number of hydrogen-bond acceptors (Lipinski definition) is 5. The molecular formula is C34H40FN5O3Si. The number of benzene rings is 3. The fourth-order valence-electron chi connectivity index (χ4n) is 6.95. The number of aromatic nitrogens is 5. The zero-order valence-electron chi connectivity index (χ0n) is 25.4. The molecule has 1 saturated heterocycles. The number of aromatic amines is 1. The van der Waals surface area contributed by atoms with E-state index in [-0.39, 0.29) is 41.8 Å². The molecule has 0 bridgehead atoms. The molecule has 0 aliphatic carbocycles. The molecule has 0 saturated carbocycles. The molecule has 10 heteroatoms. The van der Waals surface area contributed by atoms with Gasteiger partial charge >= 0.3 is 0 Å². The van der Waals surface area contributed by atoms with Crippen LogP contribution in [0.25, 0.3) is 16.6 Å². The van der Waals surface area contributed by atoms with Crippen molar-refractivity contribution in [1.29, 1.82) is 0 Å². The number of rotatable bonds is 11. The fourth-order valence-corrected chi connectivity index (χ4v) is 9.54. The molecule has 44 heavy (non-hydrogen) atoms. The molecule has 8 nitrogen and oxygen atoms in total. The Labute approximate surface area is 257 Å². The largest absolute Gasteiger partial charge is 0.395 e. The Morgan fingerprint density at radius 3 is 2.55 bits per heavy atom. The van der Waals surface area contributed by atoms with Gasteiger partial charge in [0.05, 0.1) is 47.0 Å². The molecule has 3 aromatic carbocycles. The summed E-state index contributed by atoms with van der Waals surface area (Å²) < 4.78 is 25.7. The maximum absolute atomic E-state index is 15.7. The summed E-state index contributed by atoms with van der Waals surface area (Å²) >= 11 is 0. The van der Waals surface area contributed by atoms with Crippen LogP contribution < -0.4 is 5.56 Å². The molecule has 1 unspecified atom stereocenters. The van der Waals surface area contributed by atoms with Gasteiger partial charge in [-0.05, 0) is 73.7 Å². The molecule has 230 valence electrons. The Morgan fingerprint density at radius 2 is 1.80 bits per heavy atom. The predicted molar refractivity (Wildman–Crippen MR) is 172 cm³/mol. The summed E-state index contributed by atoms with van der Waals surface area (Å²) in [7, 11) is -3.02. The summed E-state index contributed by atoms with van der Waals surface area (Å²) in [5.74, 6) is -0.149. The van der Waals surface area contributed by atoms with Gasteiger partial charge in [-0.1, -0.05) is 66.7 Å². The maximum Gasteiger partial charge on any atom is 0.279 e. The van der Waals surface area contributed by atoms with E-state index in [1.165, 1.54) is 0 Å². The van der Waals surface area contributed by atoms with Crippen molar-refractivity contribution in [2.45, 2.75) is 69.5 Å². The Kier molecular flexibility index (Phi) is 8.66. The molecule has 5 atom stereocenters. The Bertz CT molecular complexity index is 1760. The number of nitrogens with zero attached hydrogens (tertiary/aromatic N) is 4. The summed E-state index contributed by atoms with van der Waals surface area (Å²) in [5.41, 5.74) is 4.21. The molecule has 2 aromatic heterocycles. The third kappa shape index (κ3) is 6.20. The SMILES string of the molecule is C[C@@H]1[C@@H]([Si](C)(C)F)[C@H](CCn2cc(C(CO)c3ccccc3)nn2)O[C@@H]1CCc1cccc(-n2[nH]c3ccccc3c2=O)c1. The monoisotopic (exact) mass is 613 g/mol. The van der Waals surface area contributed by atoms with Crippen molar-refractivity contribution in [3.63, 3.8) is 0 Å². The van der Waals surface area contributed by atoms with Crippen molar-refractivity contribution in [3.05, 3.63) is 112 Å². The van der Waals surface area contributed by atoms with Crippen LogP contribution >= 0.6 is 0 Å². The van der Waals surface area contributed by atoms with Gasteiger partial charge in [-0.15, -0.1) is 5.10 Å². The third-order valence-electron chi connectivity index (χ3n) is 9.12. The number of ether oxygens (including phenoxy) is 1. The van der Waals surface area contributed by atoms with Gasteiger partial charge < -0.3 is 14.0 Å². The number of hydrogen-bond donors (Lipinski definition) is 2. The van der Waals surface area contributed by atoms with E-state index in [1.54, 1.807) is 22.5 Å². The first-order chi connectivity index (χ1) is 21.2. The van der Waals surface area contributed by atoms with E-state index in [1.807, 2.05) is 79.0 Å². The second-order valence-electron chi connectivity index (χ2n) is 12.5. The molecular weight excluding hydrogens is 573 g/mol. The van der Waals surface area contributed by atoms with Crippen molar-refractivity contribution in [2.24, 2.45) is 5.92 Å². The van der Waals surface area contributed by atoms with Crippen molar-refractivity contribution in [2.75, 3.05) is 6.61 Å². The molecule has 1 aliphatic rings. The highest BCUT2D eigenvalue weighted by atomic mass is 28.4. The normalized spacial score (nSPS) is 21.2. The van der Waals surface area contributed by atoms with Gasteiger partial charge in [0.15, 0.2) is 0 Å². The standard InChI is InChI=1S/C34H40FN5O3Si/c1-23-31(17-16-24-10-9-13-26(20-24)40-34(42)27-14-7-8-15-29(27)37-40)43-32(33(23)44(2,3)35)18-19-39-21-30(36-38-39)28(22-41)25-11-5-4-6-12-25/h4-15,20-21,23,28,31-33,37,41H,16-19,22H2,1-3H3/t23-,28?,31+,32-,33+/m0/s1. The Morgan fingerprint density at radius 1 is 1.02 bits per heavy atom. The lowest BCUT2D eigenvalue weighted by Gasteiger charge is -2.28. The van der Waals surface area contributed by atoms with Crippen LogP contribution in [0.5, 0.6) is 0 Å². The van der Waals surface area contributed by atoms with Crippen molar-refractivity contribution in [1.82, 2.24) is 24.8 Å². The van der Waals surface area contributed by atoms with Gasteiger partial charge in [-0.2, -0.15) is 0 Å². The number of para-hydroxylation sites is 1. The van der Waals surface area contributed by atoms with Gasteiger partial charge in [0.25, 0.3) is 5.56 Å². The van der Waals surface area contributed by atoms with Gasteiger partial charge in [0, 0.05) is 18.3 Å². The van der Waals surface area contributed by atoms with Crippen LogP contribution in [-0.2, 0) is 17.7 Å². The molecule has 0 radical (unpaired) electrons. The van der Waals surface area contributed by atoms with Crippen LogP contribution in [0, 0.1) is 5.92 Å². The lowest BCUT2D eigenvalue weighted by atomic mass is 9.95. The number of aryl methyl sites for hydroxylation is 2. The highest BCUT2D eigenvalue weighted by molar-refractivity contribution is 6.72. The minimum Gasteiger partial charge on any atom is -0.395 e. The average Bonchev–Trinajstić information content (AvgIpc) is 3.71. The van der Waals surface area contributed by atoms with Crippen LogP contribution in [0.15, 0.2) is 89.9 Å². The number of aliphatic hydroxyl groups is 1. The Balaban J connectivity index is 1.12. The zero-order valence-corrected chi connectivity index (χ0v) is 26.4. The molecule has 0 amide bonds. The maximum atomic E-state index is 15.7. The molecule has 5 aromatic rings. The molecule has 0 spiro atoms. The summed E-state index contributed by atoms with van der Waals surface area (Å²) in [6, 6.07) is 25.3. The van der Waals surface area contributed by atoms with E-state index >= 15 is 4.11 Å². The molecule has 1 fully saturated rings. The second kappa shape index (κ2) is 12.6. The van der Waals surface area contributed by atoms with Gasteiger partial charge in [-0.25, -0.2) is 4.68 Å². The van der Waals surface area contributed by atoms with Crippen LogP contribution in [0.2, 0.25) is 18.6 Å². The van der Waals surface area contributed by atoms with Gasteiger partial charge in [0.1, 0.15) is 0 Å². The minimum atomic E-state index is -3.02. The lowest BCUT2D eigenvalue weighted by molar-refractivity contribution is 0.0247. The van der Waals surface area contributed by atoms with Gasteiger partial charge in [-0.3, -0.25) is 14.6 Å². The average molecular weight is 614 g/mol. The van der Waals surface area contributed by atoms with Crippen molar-refractivity contribution in [3.8, 4) is 5.69 Å². The van der Waals surface area contributed by atoms with E-state index in [2.05, 4.69) is 28.4 Å². The second-order valence-corrected chi connectivity index (χ2v) is 16.3. The quantitative estimate of drug-likeness (QED) is 0.141. The number of H-pyrrole nitrogens is 1. The smallest absolute Gasteiger partial charge is 0.279 e. The third-order valence-corrected chi connectivity index (χ3v) is 11.6. The number of nitrogens with one attached hydrogen (secondary N) is 1. The highest BCUT2D eigenvalue weighted by Crippen LogP contribution is 2.47. The van der Waals surface area contributed by atoms with Crippen LogP contribution in [0.4, 0.5) is 4.11 Å². The summed E-state index contributed by atoms with van der Waals surface area (Å²) in [5, 5.41) is 22.5. The lowest BCUT2D eigenvalue weighted by Crippen LogP contribution is -2.36. The topological polar surface area (TPSA) is 98.0 Å². The summed E-state index contributed by atoms with van der Waals surface area (Å²) in [6.07, 6.45) is 3.79. The first-order valence-corrected chi connectivity index (χ1v) is 18.4. The van der Waals surface area contributed by atoms with E-state index in [4.69, 9.17) is 4.74 Å². The van der Waals surface area contributed by atoms with E-state index < -0.39 is 8.41 Å². The number of fused-ring (bicyclic) bond motifs is 1. The molecule has 1 aliphatic heterocycles. The minimum absolute atomic E-state index is 0.0568. The van der Waals surface area contributed by atoms with Crippen molar-refractivity contribution >= 4 is 19.3 Å². The van der Waals surface area contributed by atoms with Gasteiger partial charge in [0.2, 0.25) is 8.41 Å². The first kappa shape index (κ1) is 30.2. The first-order valence-electron chi connectivity index (χ1n) is 15.4. The van der Waals surface area contributed by atoms with Crippen molar-refractivity contribution < 1.29 is 14.0 Å². The zero-order chi connectivity index (χ0) is 30.8. The van der Waals surface area contributed by atoms with E-state index in [9.17, 15) is 9.90 Å². The highest BCUT2D eigenvalue weighted by Gasteiger charge is 2.50. The predicted octanol–water partition coefficient (Wildman–Crippen LogP) is 6.01. The molecule has 6 rings (SSSR count). The number of halogens is 1. The summed E-state index contributed by atoms with van der Waals surface area (Å²) in [4.78, 5) is 13.0.